The lowest BCUT2D eigenvalue weighted by Crippen LogP contribution is -2.28. The molecule has 1 unspecified atom stereocenters. The Balaban J connectivity index is 2.06. The lowest BCUT2D eigenvalue weighted by Gasteiger charge is -2.15. The van der Waals surface area contributed by atoms with E-state index in [0.29, 0.717) is 0 Å². The molecule has 0 aliphatic carbocycles. The van der Waals surface area contributed by atoms with E-state index in [1.54, 1.807) is 11.3 Å². The van der Waals surface area contributed by atoms with Crippen LogP contribution in [-0.4, -0.2) is 4.98 Å². The maximum Gasteiger partial charge on any atom is 0.0803 e. The second-order valence-electron chi connectivity index (χ2n) is 4.66. The molecular formula is C15H14BrN3S. The molecule has 0 saturated heterocycles. The predicted molar refractivity (Wildman–Crippen MR) is 87.7 cm³/mol. The number of aromatic nitrogens is 1. The predicted octanol–water partition coefficient (Wildman–Crippen LogP) is 3.92. The number of aryl methyl sites for hydroxylation is 1. The van der Waals surface area contributed by atoms with Crippen molar-refractivity contribution in [2.45, 2.75) is 13.0 Å². The molecule has 0 bridgehead atoms. The van der Waals surface area contributed by atoms with Gasteiger partial charge < -0.3 is 0 Å². The van der Waals surface area contributed by atoms with Crippen molar-refractivity contribution in [1.82, 2.24) is 10.4 Å². The molecule has 3 nitrogen and oxygen atoms in total. The van der Waals surface area contributed by atoms with Gasteiger partial charge in [0.05, 0.1) is 15.3 Å². The smallest absolute Gasteiger partial charge is 0.0803 e. The van der Waals surface area contributed by atoms with Crippen LogP contribution in [0.15, 0.2) is 46.4 Å². The first-order valence-electron chi connectivity index (χ1n) is 6.25. The van der Waals surface area contributed by atoms with Gasteiger partial charge in [-0.1, -0.05) is 18.2 Å². The summed E-state index contributed by atoms with van der Waals surface area (Å²) in [5.74, 6) is 5.76. The second kappa shape index (κ2) is 5.61. The van der Waals surface area contributed by atoms with E-state index in [1.165, 1.54) is 10.4 Å². The van der Waals surface area contributed by atoms with Gasteiger partial charge >= 0.3 is 0 Å². The average molecular weight is 348 g/mol. The summed E-state index contributed by atoms with van der Waals surface area (Å²) in [6.45, 7) is 2.08. The monoisotopic (exact) mass is 347 g/mol. The molecule has 102 valence electrons. The number of rotatable bonds is 3. The number of nitrogens with one attached hydrogen (secondary N) is 1. The number of pyridine rings is 1. The van der Waals surface area contributed by atoms with Gasteiger partial charge in [0.1, 0.15) is 0 Å². The highest BCUT2D eigenvalue weighted by Crippen LogP contribution is 2.34. The summed E-state index contributed by atoms with van der Waals surface area (Å²) in [4.78, 5) is 5.59. The molecule has 2 heterocycles. The first kappa shape index (κ1) is 13.7. The first-order chi connectivity index (χ1) is 9.69. The van der Waals surface area contributed by atoms with Gasteiger partial charge in [-0.2, -0.15) is 0 Å². The van der Waals surface area contributed by atoms with E-state index in [4.69, 9.17) is 5.84 Å². The number of hydrazine groups is 1. The number of hydrogen-bond donors (Lipinski definition) is 2. The molecule has 0 radical (unpaired) electrons. The molecule has 2 aromatic heterocycles. The maximum absolute atomic E-state index is 5.76. The van der Waals surface area contributed by atoms with E-state index in [0.717, 1.165) is 20.3 Å². The highest BCUT2D eigenvalue weighted by molar-refractivity contribution is 9.11. The quantitative estimate of drug-likeness (QED) is 0.557. The van der Waals surface area contributed by atoms with Crippen molar-refractivity contribution in [1.29, 1.82) is 0 Å². The van der Waals surface area contributed by atoms with Gasteiger partial charge in [-0.05, 0) is 52.2 Å². The Morgan fingerprint density at radius 2 is 2.15 bits per heavy atom. The van der Waals surface area contributed by atoms with E-state index in [2.05, 4.69) is 63.6 Å². The van der Waals surface area contributed by atoms with Crippen LogP contribution in [0.5, 0.6) is 0 Å². The normalized spacial score (nSPS) is 12.8. The fraction of sp³-hybridized carbons (Fsp3) is 0.133. The Hall–Kier alpha value is -1.27. The van der Waals surface area contributed by atoms with Crippen LogP contribution in [0, 0.1) is 6.92 Å². The molecule has 3 rings (SSSR count). The largest absolute Gasteiger partial charge is 0.271 e. The Morgan fingerprint density at radius 1 is 1.30 bits per heavy atom. The van der Waals surface area contributed by atoms with Crippen molar-refractivity contribution in [3.8, 4) is 0 Å². The Kier molecular flexibility index (Phi) is 3.85. The van der Waals surface area contributed by atoms with Crippen LogP contribution in [0.1, 0.15) is 22.0 Å². The van der Waals surface area contributed by atoms with Crippen molar-refractivity contribution < 1.29 is 0 Å². The van der Waals surface area contributed by atoms with Crippen molar-refractivity contribution in [2.75, 3.05) is 0 Å². The van der Waals surface area contributed by atoms with Gasteiger partial charge in [0.2, 0.25) is 0 Å². The molecule has 0 aliphatic heterocycles. The number of nitrogens with two attached hydrogens (primary N) is 1. The van der Waals surface area contributed by atoms with Gasteiger partial charge in [-0.15, -0.1) is 11.3 Å². The molecule has 3 aromatic rings. The minimum absolute atomic E-state index is 0.0172. The standard InChI is InChI=1S/C15H14BrN3S/c1-9-7-13(20-15(9)16)14(19-17)11-5-4-10-3-2-6-18-12(10)8-11/h2-8,14,19H,17H2,1H3. The van der Waals surface area contributed by atoms with Gasteiger partial charge in [0.25, 0.3) is 0 Å². The molecule has 0 amide bonds. The zero-order chi connectivity index (χ0) is 14.1. The molecule has 5 heteroatoms. The fourth-order valence-electron chi connectivity index (χ4n) is 2.23. The third-order valence-electron chi connectivity index (χ3n) is 3.29. The first-order valence-corrected chi connectivity index (χ1v) is 7.86. The molecule has 0 fully saturated rings. The molecule has 0 spiro atoms. The number of halogens is 1. The molecule has 0 saturated carbocycles. The SMILES string of the molecule is Cc1cc(C(NN)c2ccc3cccnc3c2)sc1Br. The van der Waals surface area contributed by atoms with E-state index in [9.17, 15) is 0 Å². The summed E-state index contributed by atoms with van der Waals surface area (Å²) < 4.78 is 1.15. The average Bonchev–Trinajstić information content (AvgIpc) is 2.79. The Bertz CT molecular complexity index is 734. The topological polar surface area (TPSA) is 50.9 Å². The summed E-state index contributed by atoms with van der Waals surface area (Å²) in [5, 5.41) is 1.13. The molecular weight excluding hydrogens is 334 g/mol. The number of fused-ring (bicyclic) bond motifs is 1. The van der Waals surface area contributed by atoms with Crippen LogP contribution in [0.25, 0.3) is 10.9 Å². The summed E-state index contributed by atoms with van der Waals surface area (Å²) in [6, 6.07) is 12.4. The van der Waals surface area contributed by atoms with Crippen LogP contribution in [0.4, 0.5) is 0 Å². The lowest BCUT2D eigenvalue weighted by molar-refractivity contribution is 0.647. The van der Waals surface area contributed by atoms with E-state index in [-0.39, 0.29) is 6.04 Å². The minimum Gasteiger partial charge on any atom is -0.271 e. The minimum atomic E-state index is -0.0172. The highest BCUT2D eigenvalue weighted by Gasteiger charge is 2.16. The zero-order valence-corrected chi connectivity index (χ0v) is 13.3. The van der Waals surface area contributed by atoms with Gasteiger partial charge in [0.15, 0.2) is 0 Å². The third-order valence-corrected chi connectivity index (χ3v) is 5.49. The second-order valence-corrected chi connectivity index (χ2v) is 7.06. The van der Waals surface area contributed by atoms with Gasteiger partial charge in [0, 0.05) is 16.5 Å². The maximum atomic E-state index is 5.76. The third kappa shape index (κ3) is 2.50. The molecule has 1 aromatic carbocycles. The summed E-state index contributed by atoms with van der Waals surface area (Å²) in [6.07, 6.45) is 1.81. The van der Waals surface area contributed by atoms with E-state index >= 15 is 0 Å². The fourth-order valence-corrected chi connectivity index (χ4v) is 3.89. The van der Waals surface area contributed by atoms with Gasteiger partial charge in [-0.25, -0.2) is 5.43 Å². The van der Waals surface area contributed by atoms with Crippen LogP contribution >= 0.6 is 27.3 Å². The van der Waals surface area contributed by atoms with E-state index in [1.807, 2.05) is 12.3 Å². The van der Waals surface area contributed by atoms with Crippen LogP contribution < -0.4 is 11.3 Å². The summed E-state index contributed by atoms with van der Waals surface area (Å²) in [5.41, 5.74) is 6.23. The molecule has 20 heavy (non-hydrogen) atoms. The van der Waals surface area contributed by atoms with Crippen LogP contribution in [0.3, 0.4) is 0 Å². The number of thiophene rings is 1. The molecule has 3 N–H and O–H groups in total. The lowest BCUT2D eigenvalue weighted by atomic mass is 10.0. The summed E-state index contributed by atoms with van der Waals surface area (Å²) in [7, 11) is 0. The van der Waals surface area contributed by atoms with Crippen molar-refractivity contribution >= 4 is 38.2 Å². The van der Waals surface area contributed by atoms with E-state index < -0.39 is 0 Å². The number of hydrogen-bond acceptors (Lipinski definition) is 4. The highest BCUT2D eigenvalue weighted by atomic mass is 79.9. The zero-order valence-electron chi connectivity index (χ0n) is 10.9. The molecule has 1 atom stereocenters. The molecule has 0 aliphatic rings. The summed E-state index contributed by atoms with van der Waals surface area (Å²) >= 11 is 5.26. The van der Waals surface area contributed by atoms with Crippen LogP contribution in [0.2, 0.25) is 0 Å². The van der Waals surface area contributed by atoms with Gasteiger partial charge in [-0.3, -0.25) is 10.8 Å². The van der Waals surface area contributed by atoms with Crippen molar-refractivity contribution in [3.63, 3.8) is 0 Å². The van der Waals surface area contributed by atoms with Crippen molar-refractivity contribution in [3.05, 3.63) is 62.4 Å². The Labute approximate surface area is 129 Å². The number of nitrogens with zero attached hydrogens (tertiary/aromatic N) is 1. The van der Waals surface area contributed by atoms with Crippen molar-refractivity contribution in [2.24, 2.45) is 5.84 Å². The van der Waals surface area contributed by atoms with Crippen LogP contribution in [-0.2, 0) is 0 Å². The number of benzene rings is 1. The Morgan fingerprint density at radius 3 is 2.85 bits per heavy atom.